The fourth-order valence-electron chi connectivity index (χ4n) is 5.86. The van der Waals surface area contributed by atoms with Crippen LogP contribution in [-0.2, 0) is 6.54 Å². The largest absolute Gasteiger partial charge is 0.273 e. The lowest BCUT2D eigenvalue weighted by Crippen LogP contribution is -2.53. The van der Waals surface area contributed by atoms with Crippen LogP contribution in [0.1, 0.15) is 57.1 Å². The van der Waals surface area contributed by atoms with Crippen LogP contribution in [0.2, 0.25) is 0 Å². The predicted molar refractivity (Wildman–Crippen MR) is 78.6 cm³/mol. The highest BCUT2D eigenvalue weighted by molar-refractivity contribution is 5.18. The summed E-state index contributed by atoms with van der Waals surface area (Å²) in [6.45, 7) is 3.06. The van der Waals surface area contributed by atoms with E-state index in [2.05, 4.69) is 23.6 Å². The maximum atomic E-state index is 5.99. The second kappa shape index (κ2) is 4.57. The third kappa shape index (κ3) is 1.85. The van der Waals surface area contributed by atoms with Gasteiger partial charge in [-0.2, -0.15) is 5.10 Å². The molecule has 4 nitrogen and oxygen atoms in total. The predicted octanol–water partition coefficient (Wildman–Crippen LogP) is 2.62. The normalized spacial score (nSPS) is 40.2. The molecule has 0 spiro atoms. The van der Waals surface area contributed by atoms with Crippen LogP contribution in [0, 0.1) is 23.2 Å². The standard InChI is InChI=1S/C16H26N4/c1-2-20-10-14(9-18-20)15(19-17)16-6-11-3-12(7-16)5-13(4-11)8-16/h9-13,15,19H,2-8,17H2,1H3. The van der Waals surface area contributed by atoms with Crippen LogP contribution >= 0.6 is 0 Å². The lowest BCUT2D eigenvalue weighted by atomic mass is 9.47. The third-order valence-corrected chi connectivity index (χ3v) is 6.18. The van der Waals surface area contributed by atoms with Crippen LogP contribution < -0.4 is 11.3 Å². The lowest BCUT2D eigenvalue weighted by molar-refractivity contribution is -0.0749. The molecule has 1 atom stereocenters. The van der Waals surface area contributed by atoms with Crippen LogP contribution in [0.25, 0.3) is 0 Å². The molecule has 4 fully saturated rings. The van der Waals surface area contributed by atoms with Gasteiger partial charge in [-0.25, -0.2) is 0 Å². The highest BCUT2D eigenvalue weighted by atomic mass is 15.3. The van der Waals surface area contributed by atoms with E-state index >= 15 is 0 Å². The summed E-state index contributed by atoms with van der Waals surface area (Å²) >= 11 is 0. The van der Waals surface area contributed by atoms with Gasteiger partial charge in [0, 0.05) is 18.3 Å². The van der Waals surface area contributed by atoms with Gasteiger partial charge >= 0.3 is 0 Å². The molecular formula is C16H26N4. The molecule has 4 heteroatoms. The summed E-state index contributed by atoms with van der Waals surface area (Å²) in [6.07, 6.45) is 12.7. The Morgan fingerprint density at radius 1 is 1.30 bits per heavy atom. The molecule has 4 bridgehead atoms. The van der Waals surface area contributed by atoms with Gasteiger partial charge in [0.15, 0.2) is 0 Å². The molecule has 0 radical (unpaired) electrons. The minimum atomic E-state index is 0.288. The van der Waals surface area contributed by atoms with E-state index in [-0.39, 0.29) is 6.04 Å². The molecule has 1 unspecified atom stereocenters. The Kier molecular flexibility index (Phi) is 2.93. The average molecular weight is 274 g/mol. The van der Waals surface area contributed by atoms with Crippen molar-refractivity contribution < 1.29 is 0 Å². The number of rotatable bonds is 4. The highest BCUT2D eigenvalue weighted by Gasteiger charge is 2.54. The Balaban J connectivity index is 1.66. The zero-order valence-electron chi connectivity index (χ0n) is 12.4. The number of aryl methyl sites for hydroxylation is 1. The number of hydrogen-bond acceptors (Lipinski definition) is 3. The second-order valence-electron chi connectivity index (χ2n) is 7.51. The van der Waals surface area contributed by atoms with E-state index in [1.54, 1.807) is 0 Å². The van der Waals surface area contributed by atoms with Crippen LogP contribution in [0.15, 0.2) is 12.4 Å². The van der Waals surface area contributed by atoms with Crippen LogP contribution in [0.3, 0.4) is 0 Å². The summed E-state index contributed by atoms with van der Waals surface area (Å²) in [5.41, 5.74) is 4.84. The van der Waals surface area contributed by atoms with Gasteiger partial charge in [-0.05, 0) is 68.6 Å². The molecule has 4 saturated carbocycles. The Morgan fingerprint density at radius 3 is 2.35 bits per heavy atom. The molecule has 110 valence electrons. The fraction of sp³-hybridized carbons (Fsp3) is 0.812. The first kappa shape index (κ1) is 12.8. The molecule has 0 saturated heterocycles. The van der Waals surface area contributed by atoms with Crippen molar-refractivity contribution in [3.63, 3.8) is 0 Å². The first-order chi connectivity index (χ1) is 9.72. The van der Waals surface area contributed by atoms with Crippen molar-refractivity contribution in [3.05, 3.63) is 18.0 Å². The Morgan fingerprint density at radius 2 is 1.90 bits per heavy atom. The minimum absolute atomic E-state index is 0.288. The van der Waals surface area contributed by atoms with E-state index in [1.807, 2.05) is 10.9 Å². The lowest BCUT2D eigenvalue weighted by Gasteiger charge is -2.59. The van der Waals surface area contributed by atoms with Gasteiger partial charge in [0.05, 0.1) is 12.2 Å². The van der Waals surface area contributed by atoms with Crippen molar-refractivity contribution >= 4 is 0 Å². The molecule has 0 aliphatic heterocycles. The third-order valence-electron chi connectivity index (χ3n) is 6.18. The van der Waals surface area contributed by atoms with Crippen molar-refractivity contribution in [2.45, 2.75) is 58.0 Å². The van der Waals surface area contributed by atoms with Gasteiger partial charge in [0.25, 0.3) is 0 Å². The smallest absolute Gasteiger partial charge is 0.0547 e. The number of hydrazine groups is 1. The van der Waals surface area contributed by atoms with Gasteiger partial charge in [-0.3, -0.25) is 16.0 Å². The van der Waals surface area contributed by atoms with Gasteiger partial charge < -0.3 is 0 Å². The van der Waals surface area contributed by atoms with Crippen LogP contribution in [0.4, 0.5) is 0 Å². The van der Waals surface area contributed by atoms with Crippen molar-refractivity contribution in [2.75, 3.05) is 0 Å². The quantitative estimate of drug-likeness (QED) is 0.655. The van der Waals surface area contributed by atoms with Crippen LogP contribution in [-0.4, -0.2) is 9.78 Å². The van der Waals surface area contributed by atoms with E-state index in [0.29, 0.717) is 5.41 Å². The molecule has 3 N–H and O–H groups in total. The number of nitrogens with one attached hydrogen (secondary N) is 1. The molecule has 1 heterocycles. The van der Waals surface area contributed by atoms with Crippen molar-refractivity contribution in [1.29, 1.82) is 0 Å². The van der Waals surface area contributed by atoms with E-state index in [1.165, 1.54) is 44.1 Å². The highest BCUT2D eigenvalue weighted by Crippen LogP contribution is 2.63. The maximum Gasteiger partial charge on any atom is 0.0547 e. The topological polar surface area (TPSA) is 55.9 Å². The first-order valence-electron chi connectivity index (χ1n) is 8.21. The van der Waals surface area contributed by atoms with E-state index < -0.39 is 0 Å². The van der Waals surface area contributed by atoms with Gasteiger partial charge in [0.1, 0.15) is 0 Å². The number of aromatic nitrogens is 2. The van der Waals surface area contributed by atoms with E-state index in [0.717, 1.165) is 24.3 Å². The molecule has 20 heavy (non-hydrogen) atoms. The summed E-state index contributed by atoms with van der Waals surface area (Å²) in [5.74, 6) is 8.86. The monoisotopic (exact) mass is 274 g/mol. The fourth-order valence-corrected chi connectivity index (χ4v) is 5.86. The molecule has 0 amide bonds. The van der Waals surface area contributed by atoms with Gasteiger partial charge in [-0.15, -0.1) is 0 Å². The number of hydrogen-bond donors (Lipinski definition) is 2. The van der Waals surface area contributed by atoms with Crippen molar-refractivity contribution in [1.82, 2.24) is 15.2 Å². The number of nitrogens with zero attached hydrogens (tertiary/aromatic N) is 2. The molecular weight excluding hydrogens is 248 g/mol. The maximum absolute atomic E-state index is 5.99. The second-order valence-corrected chi connectivity index (χ2v) is 7.51. The summed E-state index contributed by atoms with van der Waals surface area (Å²) in [5, 5.41) is 4.45. The molecule has 0 aromatic carbocycles. The van der Waals surface area contributed by atoms with E-state index in [4.69, 9.17) is 5.84 Å². The van der Waals surface area contributed by atoms with Crippen molar-refractivity contribution in [3.8, 4) is 0 Å². The molecule has 1 aromatic rings. The minimum Gasteiger partial charge on any atom is -0.273 e. The molecule has 1 aromatic heterocycles. The van der Waals surface area contributed by atoms with Gasteiger partial charge in [-0.1, -0.05) is 0 Å². The summed E-state index contributed by atoms with van der Waals surface area (Å²) in [4.78, 5) is 0. The zero-order chi connectivity index (χ0) is 13.7. The van der Waals surface area contributed by atoms with Crippen molar-refractivity contribution in [2.24, 2.45) is 29.0 Å². The van der Waals surface area contributed by atoms with Gasteiger partial charge in [0.2, 0.25) is 0 Å². The number of nitrogens with two attached hydrogens (primary N) is 1. The van der Waals surface area contributed by atoms with E-state index in [9.17, 15) is 0 Å². The van der Waals surface area contributed by atoms with Crippen LogP contribution in [0.5, 0.6) is 0 Å². The summed E-state index contributed by atoms with van der Waals surface area (Å²) in [6, 6.07) is 0.288. The Labute approximate surface area is 121 Å². The summed E-state index contributed by atoms with van der Waals surface area (Å²) in [7, 11) is 0. The molecule has 4 aliphatic rings. The first-order valence-corrected chi connectivity index (χ1v) is 8.21. The average Bonchev–Trinajstić information content (AvgIpc) is 2.86. The molecule has 5 rings (SSSR count). The Hall–Kier alpha value is -0.870. The summed E-state index contributed by atoms with van der Waals surface area (Å²) < 4.78 is 2.01. The SMILES string of the molecule is CCn1cc(C(NN)C23CC4CC(CC(C4)C2)C3)cn1. The molecule has 4 aliphatic carbocycles. The Bertz CT molecular complexity index is 457. The zero-order valence-corrected chi connectivity index (χ0v) is 12.4.